The molecule has 7 nitrogen and oxygen atoms in total. The Morgan fingerprint density at radius 3 is 2.00 bits per heavy atom. The Balaban J connectivity index is 2.30. The van der Waals surface area contributed by atoms with Gasteiger partial charge in [-0.15, -0.1) is 0 Å². The van der Waals surface area contributed by atoms with Crippen LogP contribution in [0.5, 0.6) is 0 Å². The van der Waals surface area contributed by atoms with Crippen LogP contribution in [0.15, 0.2) is 42.5 Å². The van der Waals surface area contributed by atoms with Crippen molar-refractivity contribution in [1.82, 2.24) is 10.6 Å². The van der Waals surface area contributed by atoms with E-state index in [0.717, 1.165) is 5.56 Å². The van der Waals surface area contributed by atoms with Crippen molar-refractivity contribution in [2.45, 2.75) is 51.8 Å². The van der Waals surface area contributed by atoms with E-state index in [2.05, 4.69) is 10.6 Å². The zero-order valence-corrected chi connectivity index (χ0v) is 20.7. The van der Waals surface area contributed by atoms with Gasteiger partial charge in [-0.2, -0.15) is 0 Å². The minimum absolute atomic E-state index is 0.326. The number of esters is 1. The summed E-state index contributed by atoms with van der Waals surface area (Å²) in [5.41, 5.74) is 0.857. The van der Waals surface area contributed by atoms with Gasteiger partial charge < -0.3 is 20.1 Å². The number of amides is 2. The van der Waals surface area contributed by atoms with E-state index in [-0.39, 0.29) is 6.04 Å². The Bertz CT molecular complexity index is 983. The first-order valence-electron chi connectivity index (χ1n) is 10.4. The first kappa shape index (κ1) is 26.5. The van der Waals surface area contributed by atoms with Crippen LogP contribution < -0.4 is 10.6 Å². The van der Waals surface area contributed by atoms with Crippen molar-refractivity contribution in [3.63, 3.8) is 0 Å². The average molecular weight is 495 g/mol. The summed E-state index contributed by atoms with van der Waals surface area (Å²) in [6, 6.07) is 9.92. The maximum absolute atomic E-state index is 13.3. The van der Waals surface area contributed by atoms with E-state index in [1.807, 2.05) is 6.92 Å². The van der Waals surface area contributed by atoms with Crippen LogP contribution in [0.1, 0.15) is 67.7 Å². The van der Waals surface area contributed by atoms with E-state index < -0.39 is 29.6 Å². The zero-order valence-electron chi connectivity index (χ0n) is 19.2. The normalized spacial score (nSPS) is 12.9. The molecular formula is C24H28Cl2N2O5. The molecule has 2 atom stereocenters. The third kappa shape index (κ3) is 7.94. The van der Waals surface area contributed by atoms with E-state index >= 15 is 0 Å². The monoisotopic (exact) mass is 494 g/mol. The molecule has 0 aromatic heterocycles. The molecule has 0 fully saturated rings. The fourth-order valence-electron chi connectivity index (χ4n) is 3.11. The summed E-state index contributed by atoms with van der Waals surface area (Å²) < 4.78 is 10.0. The number of carbonyl (C=O) groups is 3. The molecule has 0 radical (unpaired) electrons. The van der Waals surface area contributed by atoms with Crippen LogP contribution in [0.25, 0.3) is 0 Å². The third-order valence-corrected chi connectivity index (χ3v) is 5.04. The second-order valence-corrected chi connectivity index (χ2v) is 9.24. The summed E-state index contributed by atoms with van der Waals surface area (Å²) in [7, 11) is 1.31. The van der Waals surface area contributed by atoms with Crippen molar-refractivity contribution in [2.24, 2.45) is 0 Å². The molecule has 0 aliphatic carbocycles. The van der Waals surface area contributed by atoms with Crippen LogP contribution in [0.3, 0.4) is 0 Å². The smallest absolute Gasteiger partial charge is 0.408 e. The highest BCUT2D eigenvalue weighted by Gasteiger charge is 2.28. The van der Waals surface area contributed by atoms with Crippen LogP contribution in [-0.2, 0) is 14.3 Å². The summed E-state index contributed by atoms with van der Waals surface area (Å²) >= 11 is 12.3. The molecule has 0 saturated carbocycles. The molecule has 33 heavy (non-hydrogen) atoms. The Morgan fingerprint density at radius 1 is 0.939 bits per heavy atom. The quantitative estimate of drug-likeness (QED) is 0.487. The predicted octanol–water partition coefficient (Wildman–Crippen LogP) is 5.61. The van der Waals surface area contributed by atoms with Gasteiger partial charge in [0.15, 0.2) is 0 Å². The molecule has 178 valence electrons. The lowest BCUT2D eigenvalue weighted by atomic mass is 10.0. The summed E-state index contributed by atoms with van der Waals surface area (Å²) in [6.07, 6.45) is -0.187. The van der Waals surface area contributed by atoms with Gasteiger partial charge in [-0.05, 0) is 68.7 Å². The molecule has 0 spiro atoms. The Hall–Kier alpha value is -2.77. The minimum atomic E-state index is -1.10. The lowest BCUT2D eigenvalue weighted by Gasteiger charge is -2.26. The molecule has 2 aromatic carbocycles. The first-order chi connectivity index (χ1) is 15.4. The van der Waals surface area contributed by atoms with Crippen molar-refractivity contribution in [3.05, 3.63) is 69.2 Å². The average Bonchev–Trinajstić information content (AvgIpc) is 2.73. The summed E-state index contributed by atoms with van der Waals surface area (Å²) in [5.74, 6) is -0.916. The number of methoxy groups -OCH3 is 1. The largest absolute Gasteiger partial charge is 0.465 e. The molecule has 0 saturated heterocycles. The molecule has 9 heteroatoms. The van der Waals surface area contributed by atoms with E-state index in [9.17, 15) is 14.4 Å². The third-order valence-electron chi connectivity index (χ3n) is 4.60. The molecular weight excluding hydrogens is 467 g/mol. The second-order valence-electron chi connectivity index (χ2n) is 8.37. The number of ether oxygens (including phenoxy) is 2. The molecule has 0 bridgehead atoms. The fourth-order valence-corrected chi connectivity index (χ4v) is 3.66. The van der Waals surface area contributed by atoms with Gasteiger partial charge in [-0.1, -0.05) is 42.3 Å². The van der Waals surface area contributed by atoms with Crippen LogP contribution in [-0.4, -0.2) is 30.7 Å². The molecule has 0 aliphatic rings. The predicted molar refractivity (Wildman–Crippen MR) is 128 cm³/mol. The van der Waals surface area contributed by atoms with Crippen molar-refractivity contribution in [3.8, 4) is 0 Å². The summed E-state index contributed by atoms with van der Waals surface area (Å²) in [4.78, 5) is 37.4. The highest BCUT2D eigenvalue weighted by atomic mass is 35.5. The Labute approximate surface area is 203 Å². The molecule has 2 amide bonds. The van der Waals surface area contributed by atoms with Gasteiger partial charge in [0.25, 0.3) is 0 Å². The molecule has 2 aromatic rings. The maximum atomic E-state index is 13.3. The van der Waals surface area contributed by atoms with Crippen LogP contribution in [0, 0.1) is 0 Å². The van der Waals surface area contributed by atoms with Crippen molar-refractivity contribution in [1.29, 1.82) is 0 Å². The van der Waals surface area contributed by atoms with Crippen molar-refractivity contribution in [2.75, 3.05) is 7.11 Å². The van der Waals surface area contributed by atoms with E-state index in [0.29, 0.717) is 27.6 Å². The van der Waals surface area contributed by atoms with E-state index in [1.165, 1.54) is 13.2 Å². The van der Waals surface area contributed by atoms with Gasteiger partial charge in [-0.3, -0.25) is 4.79 Å². The lowest BCUT2D eigenvalue weighted by molar-refractivity contribution is -0.124. The number of carbonyl (C=O) groups excluding carboxylic acids is 3. The number of hydrogen-bond donors (Lipinski definition) is 2. The maximum Gasteiger partial charge on any atom is 0.408 e. The van der Waals surface area contributed by atoms with Crippen molar-refractivity contribution < 1.29 is 23.9 Å². The van der Waals surface area contributed by atoms with Crippen LogP contribution in [0.4, 0.5) is 4.79 Å². The van der Waals surface area contributed by atoms with Gasteiger partial charge in [-0.25, -0.2) is 9.59 Å². The zero-order chi connectivity index (χ0) is 24.8. The van der Waals surface area contributed by atoms with Gasteiger partial charge >= 0.3 is 12.1 Å². The Morgan fingerprint density at radius 2 is 1.52 bits per heavy atom. The number of rotatable bonds is 7. The van der Waals surface area contributed by atoms with Gasteiger partial charge in [0, 0.05) is 10.0 Å². The standard InChI is InChI=1S/C24H28Cl2N2O5/c1-6-19(14-7-9-15(10-8-14)22(30)32-5)27-21(29)20(28-23(31)33-24(2,3)4)16-11-17(25)13-18(26)12-16/h7-13,19-20H,6H2,1-5H3,(H,27,29)(H,28,31)/t19-,20?/m1/s1. The first-order valence-corrected chi connectivity index (χ1v) is 11.1. The fraction of sp³-hybridized carbons (Fsp3) is 0.375. The molecule has 0 aliphatic heterocycles. The number of alkyl carbamates (subject to hydrolysis) is 1. The molecule has 2 N–H and O–H groups in total. The highest BCUT2D eigenvalue weighted by Crippen LogP contribution is 2.26. The second kappa shape index (κ2) is 11.4. The summed E-state index contributed by atoms with van der Waals surface area (Å²) in [6.45, 7) is 7.08. The molecule has 1 unspecified atom stereocenters. The lowest BCUT2D eigenvalue weighted by Crippen LogP contribution is -2.43. The van der Waals surface area contributed by atoms with E-state index in [1.54, 1.807) is 57.2 Å². The SMILES string of the molecule is CC[C@@H](NC(=O)C(NC(=O)OC(C)(C)C)c1cc(Cl)cc(Cl)c1)c1ccc(C(=O)OC)cc1. The number of halogens is 2. The topological polar surface area (TPSA) is 93.7 Å². The van der Waals surface area contributed by atoms with Crippen molar-refractivity contribution >= 4 is 41.2 Å². The number of nitrogens with one attached hydrogen (secondary N) is 2. The minimum Gasteiger partial charge on any atom is -0.465 e. The highest BCUT2D eigenvalue weighted by molar-refractivity contribution is 6.34. The van der Waals surface area contributed by atoms with Gasteiger partial charge in [0.05, 0.1) is 18.7 Å². The molecule has 2 rings (SSSR count). The van der Waals surface area contributed by atoms with Crippen LogP contribution in [0.2, 0.25) is 10.0 Å². The van der Waals surface area contributed by atoms with Gasteiger partial charge in [0.2, 0.25) is 5.91 Å². The number of hydrogen-bond acceptors (Lipinski definition) is 5. The molecule has 0 heterocycles. The van der Waals surface area contributed by atoms with Gasteiger partial charge in [0.1, 0.15) is 11.6 Å². The van der Waals surface area contributed by atoms with Crippen LogP contribution >= 0.6 is 23.2 Å². The summed E-state index contributed by atoms with van der Waals surface area (Å²) in [5, 5.41) is 6.20. The Kier molecular flexibility index (Phi) is 9.14. The number of benzene rings is 2. The van der Waals surface area contributed by atoms with E-state index in [4.69, 9.17) is 32.7 Å².